The van der Waals surface area contributed by atoms with Gasteiger partial charge in [-0.25, -0.2) is 4.98 Å². The summed E-state index contributed by atoms with van der Waals surface area (Å²) in [7, 11) is 0. The summed E-state index contributed by atoms with van der Waals surface area (Å²) in [4.78, 5) is 4.32. The molecular weight excluding hydrogens is 200 g/mol. The van der Waals surface area contributed by atoms with E-state index in [0.717, 1.165) is 30.6 Å². The van der Waals surface area contributed by atoms with Gasteiger partial charge in [0.2, 0.25) is 0 Å². The maximum absolute atomic E-state index is 9.97. The number of aryl methyl sites for hydroxylation is 1. The third-order valence-electron chi connectivity index (χ3n) is 3.22. The largest absolute Gasteiger partial charge is 0.391 e. The average Bonchev–Trinajstić information content (AvgIpc) is 2.48. The van der Waals surface area contributed by atoms with Crippen molar-refractivity contribution in [3.05, 3.63) is 23.9 Å². The standard InChI is InChI=1S/C13H20N2O/c1-10-7-8-13(14-9-10)15-11-5-3-2-4-6-12(11)16/h7-9,11-12,16H,2-6H2,1H3,(H,14,15). The lowest BCUT2D eigenvalue weighted by Crippen LogP contribution is -2.32. The van der Waals surface area contributed by atoms with E-state index in [1.807, 2.05) is 25.3 Å². The molecule has 16 heavy (non-hydrogen) atoms. The van der Waals surface area contributed by atoms with Crippen LogP contribution in [0.4, 0.5) is 5.82 Å². The van der Waals surface area contributed by atoms with Crippen LogP contribution in [0.2, 0.25) is 0 Å². The van der Waals surface area contributed by atoms with E-state index < -0.39 is 0 Å². The molecule has 1 aliphatic rings. The van der Waals surface area contributed by atoms with E-state index in [-0.39, 0.29) is 12.1 Å². The Kier molecular flexibility index (Phi) is 3.78. The molecule has 1 heterocycles. The lowest BCUT2D eigenvalue weighted by Gasteiger charge is -2.22. The van der Waals surface area contributed by atoms with Gasteiger partial charge in [0, 0.05) is 6.20 Å². The number of rotatable bonds is 2. The number of aliphatic hydroxyl groups excluding tert-OH is 1. The number of anilines is 1. The fourth-order valence-electron chi connectivity index (χ4n) is 2.20. The topological polar surface area (TPSA) is 45.1 Å². The molecule has 2 unspecified atom stereocenters. The van der Waals surface area contributed by atoms with Crippen LogP contribution in [0.15, 0.2) is 18.3 Å². The van der Waals surface area contributed by atoms with Crippen molar-refractivity contribution in [1.82, 2.24) is 4.98 Å². The Morgan fingerprint density at radius 1 is 1.25 bits per heavy atom. The molecule has 3 heteroatoms. The van der Waals surface area contributed by atoms with Crippen LogP contribution in [0.3, 0.4) is 0 Å². The second kappa shape index (κ2) is 5.30. The second-order valence-corrected chi connectivity index (χ2v) is 4.68. The normalized spacial score (nSPS) is 26.1. The van der Waals surface area contributed by atoms with Crippen LogP contribution < -0.4 is 5.32 Å². The van der Waals surface area contributed by atoms with Crippen molar-refractivity contribution < 1.29 is 5.11 Å². The highest BCUT2D eigenvalue weighted by Gasteiger charge is 2.21. The van der Waals surface area contributed by atoms with Crippen molar-refractivity contribution in [2.75, 3.05) is 5.32 Å². The van der Waals surface area contributed by atoms with Gasteiger partial charge in [0.15, 0.2) is 0 Å². The fraction of sp³-hybridized carbons (Fsp3) is 0.615. The number of aliphatic hydroxyl groups is 1. The highest BCUT2D eigenvalue weighted by molar-refractivity contribution is 5.36. The molecule has 0 radical (unpaired) electrons. The Balaban J connectivity index is 1.99. The van der Waals surface area contributed by atoms with Crippen LogP contribution in [0, 0.1) is 6.92 Å². The first-order valence-corrected chi connectivity index (χ1v) is 6.13. The monoisotopic (exact) mass is 220 g/mol. The summed E-state index contributed by atoms with van der Waals surface area (Å²) in [5.74, 6) is 0.872. The van der Waals surface area contributed by atoms with Crippen LogP contribution in [0.5, 0.6) is 0 Å². The van der Waals surface area contributed by atoms with Crippen LogP contribution in [-0.4, -0.2) is 22.2 Å². The Bertz CT molecular complexity index is 323. The summed E-state index contributed by atoms with van der Waals surface area (Å²) >= 11 is 0. The molecule has 0 amide bonds. The first-order chi connectivity index (χ1) is 7.75. The smallest absolute Gasteiger partial charge is 0.126 e. The van der Waals surface area contributed by atoms with Gasteiger partial charge >= 0.3 is 0 Å². The zero-order valence-corrected chi connectivity index (χ0v) is 9.82. The summed E-state index contributed by atoms with van der Waals surface area (Å²) in [5, 5.41) is 13.3. The van der Waals surface area contributed by atoms with Gasteiger partial charge in [-0.3, -0.25) is 0 Å². The highest BCUT2D eigenvalue weighted by atomic mass is 16.3. The second-order valence-electron chi connectivity index (χ2n) is 4.68. The zero-order valence-electron chi connectivity index (χ0n) is 9.82. The highest BCUT2D eigenvalue weighted by Crippen LogP contribution is 2.20. The number of nitrogens with one attached hydrogen (secondary N) is 1. The molecule has 2 atom stereocenters. The zero-order chi connectivity index (χ0) is 11.4. The molecular formula is C13H20N2O. The van der Waals surface area contributed by atoms with Crippen LogP contribution in [0.25, 0.3) is 0 Å². The lowest BCUT2D eigenvalue weighted by molar-refractivity contribution is 0.144. The van der Waals surface area contributed by atoms with Gasteiger partial charge in [-0.05, 0) is 31.4 Å². The molecule has 1 aromatic heterocycles. The van der Waals surface area contributed by atoms with Crippen LogP contribution in [0.1, 0.15) is 37.7 Å². The summed E-state index contributed by atoms with van der Waals surface area (Å²) < 4.78 is 0. The molecule has 0 aromatic carbocycles. The van der Waals surface area contributed by atoms with Gasteiger partial charge in [-0.2, -0.15) is 0 Å². The number of aromatic nitrogens is 1. The quantitative estimate of drug-likeness (QED) is 0.753. The van der Waals surface area contributed by atoms with E-state index in [4.69, 9.17) is 0 Å². The predicted octanol–water partition coefficient (Wildman–Crippen LogP) is 2.50. The third kappa shape index (κ3) is 2.95. The maximum Gasteiger partial charge on any atom is 0.126 e. The van der Waals surface area contributed by atoms with E-state index in [0.29, 0.717) is 0 Å². The number of nitrogens with zero attached hydrogens (tertiary/aromatic N) is 1. The van der Waals surface area contributed by atoms with Crippen molar-refractivity contribution in [2.24, 2.45) is 0 Å². The molecule has 0 bridgehead atoms. The molecule has 0 aliphatic heterocycles. The average molecular weight is 220 g/mol. The summed E-state index contributed by atoms with van der Waals surface area (Å²) in [6, 6.07) is 4.18. The lowest BCUT2D eigenvalue weighted by atomic mass is 10.1. The van der Waals surface area contributed by atoms with Crippen molar-refractivity contribution in [3.8, 4) is 0 Å². The van der Waals surface area contributed by atoms with Crippen molar-refractivity contribution in [1.29, 1.82) is 0 Å². The first-order valence-electron chi connectivity index (χ1n) is 6.13. The summed E-state index contributed by atoms with van der Waals surface area (Å²) in [6.07, 6.45) is 7.13. The fourth-order valence-corrected chi connectivity index (χ4v) is 2.20. The Morgan fingerprint density at radius 3 is 2.81 bits per heavy atom. The molecule has 2 N–H and O–H groups in total. The molecule has 1 fully saturated rings. The first kappa shape index (κ1) is 11.4. The van der Waals surface area contributed by atoms with Gasteiger partial charge in [0.25, 0.3) is 0 Å². The molecule has 0 spiro atoms. The molecule has 0 saturated heterocycles. The van der Waals surface area contributed by atoms with Crippen LogP contribution >= 0.6 is 0 Å². The van der Waals surface area contributed by atoms with Crippen molar-refractivity contribution >= 4 is 5.82 Å². The van der Waals surface area contributed by atoms with Crippen LogP contribution in [-0.2, 0) is 0 Å². The van der Waals surface area contributed by atoms with Gasteiger partial charge in [0.1, 0.15) is 5.82 Å². The van der Waals surface area contributed by atoms with Gasteiger partial charge < -0.3 is 10.4 Å². The molecule has 2 rings (SSSR count). The van der Waals surface area contributed by atoms with E-state index in [9.17, 15) is 5.11 Å². The van der Waals surface area contributed by atoms with Crippen molar-refractivity contribution in [3.63, 3.8) is 0 Å². The number of hydrogen-bond acceptors (Lipinski definition) is 3. The SMILES string of the molecule is Cc1ccc(NC2CCCCCC2O)nc1. The van der Waals surface area contributed by atoms with E-state index in [2.05, 4.69) is 10.3 Å². The number of hydrogen-bond donors (Lipinski definition) is 2. The molecule has 1 aromatic rings. The van der Waals surface area contributed by atoms with Gasteiger partial charge in [-0.15, -0.1) is 0 Å². The maximum atomic E-state index is 9.97. The van der Waals surface area contributed by atoms with E-state index in [1.54, 1.807) is 0 Å². The van der Waals surface area contributed by atoms with E-state index >= 15 is 0 Å². The molecule has 88 valence electrons. The minimum Gasteiger partial charge on any atom is -0.391 e. The minimum atomic E-state index is -0.231. The Morgan fingerprint density at radius 2 is 2.06 bits per heavy atom. The van der Waals surface area contributed by atoms with Gasteiger partial charge in [-0.1, -0.05) is 25.3 Å². The summed E-state index contributed by atoms with van der Waals surface area (Å²) in [6.45, 7) is 2.03. The molecule has 1 saturated carbocycles. The minimum absolute atomic E-state index is 0.165. The summed E-state index contributed by atoms with van der Waals surface area (Å²) in [5.41, 5.74) is 1.16. The van der Waals surface area contributed by atoms with E-state index in [1.165, 1.54) is 12.8 Å². The number of pyridine rings is 1. The third-order valence-corrected chi connectivity index (χ3v) is 3.22. The Labute approximate surface area is 96.9 Å². The Hall–Kier alpha value is -1.09. The van der Waals surface area contributed by atoms with Crippen molar-refractivity contribution in [2.45, 2.75) is 51.2 Å². The predicted molar refractivity (Wildman–Crippen MR) is 65.5 cm³/mol. The molecule has 1 aliphatic carbocycles. The van der Waals surface area contributed by atoms with Gasteiger partial charge in [0.05, 0.1) is 12.1 Å². The molecule has 3 nitrogen and oxygen atoms in total.